The van der Waals surface area contributed by atoms with Gasteiger partial charge in [-0.2, -0.15) is 0 Å². The van der Waals surface area contributed by atoms with E-state index in [2.05, 4.69) is 15.0 Å². The summed E-state index contributed by atoms with van der Waals surface area (Å²) in [5, 5.41) is 0.893. The van der Waals surface area contributed by atoms with Crippen molar-refractivity contribution in [3.63, 3.8) is 0 Å². The average molecular weight is 381 g/mol. The Morgan fingerprint density at radius 1 is 1.15 bits per heavy atom. The van der Waals surface area contributed by atoms with Gasteiger partial charge in [-0.05, 0) is 31.2 Å². The number of carbonyl (C=O) groups is 1. The van der Waals surface area contributed by atoms with Gasteiger partial charge >= 0.3 is 5.97 Å². The number of rotatable bonds is 5. The second-order valence-electron chi connectivity index (χ2n) is 5.84. The van der Waals surface area contributed by atoms with Gasteiger partial charge in [-0.25, -0.2) is 9.97 Å². The highest BCUT2D eigenvalue weighted by molar-refractivity contribution is 7.99. The van der Waals surface area contributed by atoms with Crippen LogP contribution >= 0.6 is 11.8 Å². The number of oxazole rings is 1. The largest absolute Gasteiger partial charge is 0.454 e. The molecule has 0 saturated heterocycles. The van der Waals surface area contributed by atoms with Crippen LogP contribution in [0.1, 0.15) is 18.9 Å². The molecule has 0 bridgehead atoms. The van der Waals surface area contributed by atoms with E-state index in [0.717, 1.165) is 17.3 Å². The standard InChI is InChI=1S/C19H15N3O4S/c1-11(17-20-13-7-3-2-6-12(13)18(24)22-17)25-16(23)10-27-19-21-14-8-4-5-9-15(14)26-19/h2-9,11H,10H2,1H3,(H,20,22,24). The Labute approximate surface area is 157 Å². The summed E-state index contributed by atoms with van der Waals surface area (Å²) in [7, 11) is 0. The van der Waals surface area contributed by atoms with Crippen LogP contribution in [0.5, 0.6) is 0 Å². The fourth-order valence-electron chi connectivity index (χ4n) is 2.62. The van der Waals surface area contributed by atoms with Gasteiger partial charge in [-0.15, -0.1) is 0 Å². The molecule has 0 spiro atoms. The Bertz CT molecular complexity index is 1150. The van der Waals surface area contributed by atoms with Crippen LogP contribution in [-0.4, -0.2) is 26.7 Å². The zero-order valence-electron chi connectivity index (χ0n) is 14.3. The quantitative estimate of drug-likeness (QED) is 0.417. The topological polar surface area (TPSA) is 98.1 Å². The predicted octanol–water partition coefficient (Wildman–Crippen LogP) is 3.46. The van der Waals surface area contributed by atoms with Gasteiger partial charge in [-0.1, -0.05) is 36.0 Å². The number of aromatic amines is 1. The predicted molar refractivity (Wildman–Crippen MR) is 102 cm³/mol. The maximum Gasteiger partial charge on any atom is 0.317 e. The van der Waals surface area contributed by atoms with Gasteiger partial charge in [-0.3, -0.25) is 9.59 Å². The van der Waals surface area contributed by atoms with Gasteiger partial charge < -0.3 is 14.1 Å². The van der Waals surface area contributed by atoms with Crippen LogP contribution in [0.2, 0.25) is 0 Å². The number of thioether (sulfide) groups is 1. The van der Waals surface area contributed by atoms with E-state index >= 15 is 0 Å². The summed E-state index contributed by atoms with van der Waals surface area (Å²) in [6.07, 6.45) is -0.681. The normalized spacial score (nSPS) is 12.3. The summed E-state index contributed by atoms with van der Waals surface area (Å²) in [5.74, 6) is -0.112. The number of benzene rings is 2. The van der Waals surface area contributed by atoms with E-state index in [0.29, 0.717) is 27.5 Å². The van der Waals surface area contributed by atoms with E-state index in [1.807, 2.05) is 24.3 Å². The molecule has 0 fully saturated rings. The van der Waals surface area contributed by atoms with Crippen molar-refractivity contribution in [3.05, 3.63) is 64.7 Å². The SMILES string of the molecule is CC(OC(=O)CSc1nc2ccccc2o1)c1nc2ccccc2c(=O)[nH]1. The summed E-state index contributed by atoms with van der Waals surface area (Å²) >= 11 is 1.15. The number of carbonyl (C=O) groups excluding carboxylic acids is 1. The molecule has 0 amide bonds. The molecule has 4 rings (SSSR count). The third kappa shape index (κ3) is 3.70. The molecule has 7 nitrogen and oxygen atoms in total. The summed E-state index contributed by atoms with van der Waals surface area (Å²) < 4.78 is 10.9. The van der Waals surface area contributed by atoms with Crippen molar-refractivity contribution in [2.75, 3.05) is 5.75 Å². The molecule has 2 aromatic carbocycles. The maximum atomic E-state index is 12.1. The number of H-pyrrole nitrogens is 1. The minimum absolute atomic E-state index is 0.0367. The first kappa shape index (κ1) is 17.3. The number of para-hydroxylation sites is 3. The highest BCUT2D eigenvalue weighted by atomic mass is 32.2. The van der Waals surface area contributed by atoms with Crippen molar-refractivity contribution >= 4 is 39.7 Å². The van der Waals surface area contributed by atoms with Crippen LogP contribution in [-0.2, 0) is 9.53 Å². The molecule has 4 aromatic rings. The molecule has 8 heteroatoms. The molecule has 2 aromatic heterocycles. The first-order valence-corrected chi connectivity index (χ1v) is 9.25. The number of hydrogen-bond acceptors (Lipinski definition) is 7. The van der Waals surface area contributed by atoms with Crippen molar-refractivity contribution in [2.24, 2.45) is 0 Å². The van der Waals surface area contributed by atoms with Crippen LogP contribution in [0.15, 0.2) is 63.0 Å². The summed E-state index contributed by atoms with van der Waals surface area (Å²) in [6, 6.07) is 14.4. The van der Waals surface area contributed by atoms with E-state index < -0.39 is 12.1 Å². The number of nitrogens with one attached hydrogen (secondary N) is 1. The van der Waals surface area contributed by atoms with Crippen LogP contribution in [0.3, 0.4) is 0 Å². The van der Waals surface area contributed by atoms with E-state index in [1.54, 1.807) is 31.2 Å². The van der Waals surface area contributed by atoms with Crippen molar-refractivity contribution in [3.8, 4) is 0 Å². The van der Waals surface area contributed by atoms with Crippen LogP contribution < -0.4 is 5.56 Å². The first-order valence-electron chi connectivity index (χ1n) is 8.27. The molecule has 0 aliphatic heterocycles. The Kier molecular flexibility index (Phi) is 4.64. The lowest BCUT2D eigenvalue weighted by molar-refractivity contribution is -0.145. The van der Waals surface area contributed by atoms with Crippen molar-refractivity contribution in [1.29, 1.82) is 0 Å². The molecule has 136 valence electrons. The minimum Gasteiger partial charge on any atom is -0.454 e. The smallest absolute Gasteiger partial charge is 0.317 e. The highest BCUT2D eigenvalue weighted by Crippen LogP contribution is 2.24. The van der Waals surface area contributed by atoms with Crippen LogP contribution in [0, 0.1) is 0 Å². The van der Waals surface area contributed by atoms with E-state index in [9.17, 15) is 9.59 Å². The molecule has 0 saturated carbocycles. The number of aromatic nitrogens is 3. The van der Waals surface area contributed by atoms with Gasteiger partial charge in [0.25, 0.3) is 10.8 Å². The van der Waals surface area contributed by atoms with Gasteiger partial charge in [0.2, 0.25) is 0 Å². The van der Waals surface area contributed by atoms with E-state index in [-0.39, 0.29) is 11.3 Å². The molecule has 1 N–H and O–H groups in total. The Morgan fingerprint density at radius 3 is 2.70 bits per heavy atom. The lowest BCUT2D eigenvalue weighted by atomic mass is 10.2. The van der Waals surface area contributed by atoms with Crippen LogP contribution in [0.4, 0.5) is 0 Å². The fourth-order valence-corrected chi connectivity index (χ4v) is 3.24. The highest BCUT2D eigenvalue weighted by Gasteiger charge is 2.17. The van der Waals surface area contributed by atoms with Gasteiger partial charge in [0, 0.05) is 0 Å². The zero-order valence-corrected chi connectivity index (χ0v) is 15.2. The zero-order chi connectivity index (χ0) is 18.8. The van der Waals surface area contributed by atoms with E-state index in [1.165, 1.54) is 0 Å². The van der Waals surface area contributed by atoms with Crippen molar-refractivity contribution < 1.29 is 13.9 Å². The Morgan fingerprint density at radius 2 is 1.89 bits per heavy atom. The van der Waals surface area contributed by atoms with Crippen molar-refractivity contribution in [1.82, 2.24) is 15.0 Å². The second-order valence-corrected chi connectivity index (χ2v) is 6.76. The van der Waals surface area contributed by atoms with Crippen molar-refractivity contribution in [2.45, 2.75) is 18.3 Å². The molecule has 0 aliphatic rings. The molecule has 0 radical (unpaired) electrons. The molecular formula is C19H15N3O4S. The monoisotopic (exact) mass is 381 g/mol. The number of fused-ring (bicyclic) bond motifs is 2. The maximum absolute atomic E-state index is 12.1. The second kappa shape index (κ2) is 7.24. The lowest BCUT2D eigenvalue weighted by Crippen LogP contribution is -2.18. The van der Waals surface area contributed by atoms with Gasteiger partial charge in [0.15, 0.2) is 17.5 Å². The molecule has 0 aliphatic carbocycles. The fraction of sp³-hybridized carbons (Fsp3) is 0.158. The van der Waals surface area contributed by atoms with E-state index in [4.69, 9.17) is 9.15 Å². The Hall–Kier alpha value is -3.13. The number of ether oxygens (including phenoxy) is 1. The average Bonchev–Trinajstić information content (AvgIpc) is 3.09. The third-order valence-electron chi connectivity index (χ3n) is 3.91. The molecule has 1 unspecified atom stereocenters. The molecule has 1 atom stereocenters. The Balaban J connectivity index is 1.42. The summed E-state index contributed by atoms with van der Waals surface area (Å²) in [4.78, 5) is 35.6. The number of nitrogens with zero attached hydrogens (tertiary/aromatic N) is 2. The van der Waals surface area contributed by atoms with Gasteiger partial charge in [0.1, 0.15) is 11.3 Å². The summed E-state index contributed by atoms with van der Waals surface area (Å²) in [5.41, 5.74) is 1.69. The first-order chi connectivity index (χ1) is 13.1. The number of hydrogen-bond donors (Lipinski definition) is 1. The third-order valence-corrected chi connectivity index (χ3v) is 4.71. The lowest BCUT2D eigenvalue weighted by Gasteiger charge is -2.12. The molecule has 2 heterocycles. The molecule has 27 heavy (non-hydrogen) atoms. The van der Waals surface area contributed by atoms with Crippen LogP contribution in [0.25, 0.3) is 22.0 Å². The minimum atomic E-state index is -0.681. The number of esters is 1. The molecular weight excluding hydrogens is 366 g/mol. The summed E-state index contributed by atoms with van der Waals surface area (Å²) in [6.45, 7) is 1.66. The van der Waals surface area contributed by atoms with Gasteiger partial charge in [0.05, 0.1) is 10.9 Å².